The molecule has 2 aliphatic heterocycles. The molecule has 3 atom stereocenters. The van der Waals surface area contributed by atoms with Gasteiger partial charge in [0.25, 0.3) is 5.91 Å². The van der Waals surface area contributed by atoms with Crippen molar-refractivity contribution in [2.45, 2.75) is 31.3 Å². The second-order valence-electron chi connectivity index (χ2n) is 8.16. The summed E-state index contributed by atoms with van der Waals surface area (Å²) in [5.74, 6) is 1.54. The molecule has 3 unspecified atom stereocenters. The second kappa shape index (κ2) is 8.09. The van der Waals surface area contributed by atoms with Gasteiger partial charge in [-0.25, -0.2) is 14.4 Å². The highest BCUT2D eigenvalue weighted by atomic mass is 19.1. The van der Waals surface area contributed by atoms with Gasteiger partial charge >= 0.3 is 0 Å². The molecule has 160 valence electrons. The third kappa shape index (κ3) is 3.66. The van der Waals surface area contributed by atoms with Crippen molar-refractivity contribution < 1.29 is 13.9 Å². The lowest BCUT2D eigenvalue weighted by Gasteiger charge is -2.34. The van der Waals surface area contributed by atoms with Crippen LogP contribution in [0.2, 0.25) is 0 Å². The summed E-state index contributed by atoms with van der Waals surface area (Å²) in [6.45, 7) is 1.24. The predicted molar refractivity (Wildman–Crippen MR) is 117 cm³/mol. The highest BCUT2D eigenvalue weighted by molar-refractivity contribution is 6.12. The summed E-state index contributed by atoms with van der Waals surface area (Å²) in [7, 11) is 1.61. The summed E-state index contributed by atoms with van der Waals surface area (Å²) in [5, 5.41) is 3.47. The molecule has 0 spiro atoms. The van der Waals surface area contributed by atoms with Gasteiger partial charge in [0.05, 0.1) is 30.5 Å². The fraction of sp³-hybridized carbons (Fsp3) is 0.391. The van der Waals surface area contributed by atoms with Crippen LogP contribution in [0.4, 0.5) is 10.2 Å². The number of halogens is 1. The van der Waals surface area contributed by atoms with Gasteiger partial charge in [-0.2, -0.15) is 0 Å². The van der Waals surface area contributed by atoms with E-state index in [1.807, 2.05) is 17.0 Å². The highest BCUT2D eigenvalue weighted by Gasteiger charge is 2.47. The molecule has 1 aromatic carbocycles. The number of pyridine rings is 1. The number of anilines is 1. The van der Waals surface area contributed by atoms with Crippen LogP contribution in [-0.2, 0) is 0 Å². The van der Waals surface area contributed by atoms with Crippen molar-refractivity contribution in [3.05, 3.63) is 53.5 Å². The zero-order valence-corrected chi connectivity index (χ0v) is 17.3. The number of nitrogens with zero attached hydrogens (tertiary/aromatic N) is 4. The number of hydrogen-bond donors (Lipinski definition) is 1. The van der Waals surface area contributed by atoms with Gasteiger partial charge in [-0.15, -0.1) is 0 Å². The maximum atomic E-state index is 14.7. The fourth-order valence-corrected chi connectivity index (χ4v) is 4.84. The Morgan fingerprint density at radius 1 is 1.26 bits per heavy atom. The van der Waals surface area contributed by atoms with Crippen LogP contribution in [0, 0.1) is 11.7 Å². The van der Waals surface area contributed by atoms with Crippen LogP contribution < -0.4 is 10.1 Å². The SMILES string of the molecule is COc1ccc(NC2CC3CC2N(C(=O)c2cccc(F)c2C2=NCCC=N2)C3)nc1. The number of hydrogen-bond acceptors (Lipinski definition) is 6. The van der Waals surface area contributed by atoms with Crippen molar-refractivity contribution in [2.24, 2.45) is 15.9 Å². The molecule has 2 fully saturated rings. The number of likely N-dealkylation sites (tertiary alicyclic amines) is 1. The molecular formula is C23H24FN5O2. The normalized spacial score (nSPS) is 24.3. The minimum Gasteiger partial charge on any atom is -0.495 e. The van der Waals surface area contributed by atoms with Gasteiger partial charge in [0.2, 0.25) is 0 Å². The quantitative estimate of drug-likeness (QED) is 0.804. The molecule has 1 saturated heterocycles. The number of fused-ring (bicyclic) bond motifs is 2. The first-order chi connectivity index (χ1) is 15.1. The molecule has 31 heavy (non-hydrogen) atoms. The number of ether oxygens (including phenoxy) is 1. The lowest BCUT2D eigenvalue weighted by atomic mass is 10.0. The van der Waals surface area contributed by atoms with E-state index in [0.29, 0.717) is 36.2 Å². The van der Waals surface area contributed by atoms with Gasteiger partial charge in [0, 0.05) is 31.8 Å². The van der Waals surface area contributed by atoms with Crippen molar-refractivity contribution in [1.29, 1.82) is 0 Å². The topological polar surface area (TPSA) is 79.2 Å². The Balaban J connectivity index is 1.39. The lowest BCUT2D eigenvalue weighted by Crippen LogP contribution is -2.48. The Labute approximate surface area is 180 Å². The molecule has 1 saturated carbocycles. The van der Waals surface area contributed by atoms with Crippen molar-refractivity contribution >= 4 is 23.8 Å². The van der Waals surface area contributed by atoms with Gasteiger partial charge in [0.15, 0.2) is 5.84 Å². The maximum Gasteiger partial charge on any atom is 0.255 e. The van der Waals surface area contributed by atoms with Crippen molar-refractivity contribution in [3.63, 3.8) is 0 Å². The van der Waals surface area contributed by atoms with Crippen LogP contribution >= 0.6 is 0 Å². The first-order valence-corrected chi connectivity index (χ1v) is 10.6. The molecule has 2 bridgehead atoms. The summed E-state index contributed by atoms with van der Waals surface area (Å²) < 4.78 is 19.9. The number of carbonyl (C=O) groups is 1. The number of amides is 1. The summed E-state index contributed by atoms with van der Waals surface area (Å²) in [4.78, 5) is 28.4. The van der Waals surface area contributed by atoms with Crippen LogP contribution in [0.1, 0.15) is 35.2 Å². The minimum atomic E-state index is -0.467. The molecule has 1 amide bonds. The van der Waals surface area contributed by atoms with E-state index in [0.717, 1.165) is 25.1 Å². The van der Waals surface area contributed by atoms with E-state index in [-0.39, 0.29) is 23.6 Å². The van der Waals surface area contributed by atoms with Gasteiger partial charge in [-0.05, 0) is 43.0 Å². The minimum absolute atomic E-state index is 0.0364. The van der Waals surface area contributed by atoms with E-state index in [1.165, 1.54) is 6.07 Å². The van der Waals surface area contributed by atoms with E-state index in [4.69, 9.17) is 4.74 Å². The number of benzene rings is 1. The average Bonchev–Trinajstić information content (AvgIpc) is 3.40. The third-order valence-electron chi connectivity index (χ3n) is 6.25. The smallest absolute Gasteiger partial charge is 0.255 e. The first-order valence-electron chi connectivity index (χ1n) is 10.6. The first kappa shape index (κ1) is 19.7. The zero-order chi connectivity index (χ0) is 21.4. The van der Waals surface area contributed by atoms with E-state index >= 15 is 0 Å². The number of aromatic nitrogens is 1. The Morgan fingerprint density at radius 3 is 2.87 bits per heavy atom. The van der Waals surface area contributed by atoms with Crippen LogP contribution in [0.3, 0.4) is 0 Å². The number of methoxy groups -OCH3 is 1. The summed E-state index contributed by atoms with van der Waals surface area (Å²) >= 11 is 0. The van der Waals surface area contributed by atoms with Gasteiger partial charge < -0.3 is 15.0 Å². The van der Waals surface area contributed by atoms with E-state index < -0.39 is 5.82 Å². The Morgan fingerprint density at radius 2 is 2.16 bits per heavy atom. The van der Waals surface area contributed by atoms with Gasteiger partial charge in [-0.3, -0.25) is 9.79 Å². The second-order valence-corrected chi connectivity index (χ2v) is 8.16. The molecule has 2 aromatic rings. The van der Waals surface area contributed by atoms with Crippen LogP contribution in [-0.4, -0.2) is 60.1 Å². The predicted octanol–water partition coefficient (Wildman–Crippen LogP) is 3.17. The molecular weight excluding hydrogens is 397 g/mol. The molecule has 1 aromatic heterocycles. The van der Waals surface area contributed by atoms with Crippen molar-refractivity contribution in [1.82, 2.24) is 9.88 Å². The number of piperidine rings is 1. The average molecular weight is 421 g/mol. The molecule has 3 aliphatic rings. The molecule has 7 nitrogen and oxygen atoms in total. The van der Waals surface area contributed by atoms with Crippen molar-refractivity contribution in [2.75, 3.05) is 25.5 Å². The molecule has 5 rings (SSSR count). The van der Waals surface area contributed by atoms with Crippen molar-refractivity contribution in [3.8, 4) is 5.75 Å². The van der Waals surface area contributed by atoms with E-state index in [2.05, 4.69) is 20.3 Å². The summed E-state index contributed by atoms with van der Waals surface area (Å²) in [5.41, 5.74) is 0.527. The molecule has 0 radical (unpaired) electrons. The van der Waals surface area contributed by atoms with Gasteiger partial charge in [-0.1, -0.05) is 6.07 Å². The molecule has 1 aliphatic carbocycles. The third-order valence-corrected chi connectivity index (χ3v) is 6.25. The number of aliphatic imine (C=N–C) groups is 2. The Bertz CT molecular complexity index is 1050. The Kier molecular flexibility index (Phi) is 5.13. The van der Waals surface area contributed by atoms with Crippen LogP contribution in [0.15, 0.2) is 46.5 Å². The molecule has 3 heterocycles. The van der Waals surface area contributed by atoms with Crippen LogP contribution in [0.5, 0.6) is 5.75 Å². The van der Waals surface area contributed by atoms with E-state index in [1.54, 1.807) is 31.7 Å². The number of amidine groups is 1. The monoisotopic (exact) mass is 421 g/mol. The van der Waals surface area contributed by atoms with Crippen LogP contribution in [0.25, 0.3) is 0 Å². The number of carbonyl (C=O) groups excluding carboxylic acids is 1. The lowest BCUT2D eigenvalue weighted by molar-refractivity contribution is 0.0691. The maximum absolute atomic E-state index is 14.7. The molecule has 1 N–H and O–H groups in total. The van der Waals surface area contributed by atoms with Gasteiger partial charge in [0.1, 0.15) is 17.4 Å². The zero-order valence-electron chi connectivity index (χ0n) is 17.3. The number of nitrogens with one attached hydrogen (secondary N) is 1. The standard InChI is InChI=1S/C23H24FN5O2/c1-31-15-6-7-20(27-12-15)28-18-10-14-11-19(18)29(13-14)23(30)16-4-2-5-17(24)21(16)22-25-8-3-9-26-22/h2,4-8,12,14,18-19H,3,9-11,13H2,1H3,(H,27,28). The Hall–Kier alpha value is -3.29. The van der Waals surface area contributed by atoms with E-state index in [9.17, 15) is 9.18 Å². The number of rotatable bonds is 5. The summed E-state index contributed by atoms with van der Waals surface area (Å²) in [6, 6.07) is 8.47. The summed E-state index contributed by atoms with van der Waals surface area (Å²) in [6.07, 6.45) is 6.04. The highest BCUT2D eigenvalue weighted by Crippen LogP contribution is 2.40. The molecule has 8 heteroatoms. The fourth-order valence-electron chi connectivity index (χ4n) is 4.84. The largest absolute Gasteiger partial charge is 0.495 e.